The van der Waals surface area contributed by atoms with Gasteiger partial charge in [-0.25, -0.2) is 4.79 Å². The number of aliphatic carboxylic acids is 1. The zero-order chi connectivity index (χ0) is 20.6. The molecular formula is C17H32N4O5. The SMILES string of the molecule is CC(C)C(N)C(=O)NC(C(=O)NCC(=O)NC(C(=O)O)C(C)C)C(C)C. The highest BCUT2D eigenvalue weighted by atomic mass is 16.4. The average molecular weight is 372 g/mol. The van der Waals surface area contributed by atoms with E-state index in [1.807, 2.05) is 0 Å². The lowest BCUT2D eigenvalue weighted by molar-refractivity contribution is -0.143. The third kappa shape index (κ3) is 7.81. The van der Waals surface area contributed by atoms with Crippen molar-refractivity contribution in [3.8, 4) is 0 Å². The molecule has 0 aliphatic rings. The minimum atomic E-state index is -1.14. The summed E-state index contributed by atoms with van der Waals surface area (Å²) in [6.07, 6.45) is 0. The van der Waals surface area contributed by atoms with Crippen molar-refractivity contribution in [3.63, 3.8) is 0 Å². The van der Waals surface area contributed by atoms with Gasteiger partial charge in [0, 0.05) is 0 Å². The lowest BCUT2D eigenvalue weighted by atomic mass is 10.0. The van der Waals surface area contributed by atoms with Crippen LogP contribution >= 0.6 is 0 Å². The molecular weight excluding hydrogens is 340 g/mol. The molecule has 9 heteroatoms. The van der Waals surface area contributed by atoms with Crippen LogP contribution in [0.2, 0.25) is 0 Å². The molecule has 0 heterocycles. The largest absolute Gasteiger partial charge is 0.480 e. The number of hydrogen-bond donors (Lipinski definition) is 5. The molecule has 0 radical (unpaired) electrons. The Hall–Kier alpha value is -2.16. The molecule has 0 saturated heterocycles. The summed E-state index contributed by atoms with van der Waals surface area (Å²) in [7, 11) is 0. The van der Waals surface area contributed by atoms with Gasteiger partial charge in [0.05, 0.1) is 12.6 Å². The van der Waals surface area contributed by atoms with E-state index < -0.39 is 41.8 Å². The van der Waals surface area contributed by atoms with Crippen molar-refractivity contribution >= 4 is 23.7 Å². The quantitative estimate of drug-likeness (QED) is 0.347. The lowest BCUT2D eigenvalue weighted by Crippen LogP contribution is -2.56. The van der Waals surface area contributed by atoms with E-state index in [1.54, 1.807) is 41.5 Å². The minimum Gasteiger partial charge on any atom is -0.480 e. The number of amides is 3. The second kappa shape index (κ2) is 10.7. The lowest BCUT2D eigenvalue weighted by Gasteiger charge is -2.24. The van der Waals surface area contributed by atoms with Crippen molar-refractivity contribution in [2.24, 2.45) is 23.5 Å². The second-order valence-electron chi connectivity index (χ2n) is 7.35. The van der Waals surface area contributed by atoms with Crippen LogP contribution in [0.4, 0.5) is 0 Å². The topological polar surface area (TPSA) is 151 Å². The zero-order valence-corrected chi connectivity index (χ0v) is 16.3. The Labute approximate surface area is 154 Å². The molecule has 0 aromatic heterocycles. The van der Waals surface area contributed by atoms with Gasteiger partial charge in [0.1, 0.15) is 12.1 Å². The van der Waals surface area contributed by atoms with Gasteiger partial charge in [0.2, 0.25) is 17.7 Å². The summed E-state index contributed by atoms with van der Waals surface area (Å²) in [4.78, 5) is 47.4. The van der Waals surface area contributed by atoms with Gasteiger partial charge >= 0.3 is 5.97 Å². The van der Waals surface area contributed by atoms with Crippen molar-refractivity contribution in [1.29, 1.82) is 0 Å². The van der Waals surface area contributed by atoms with Gasteiger partial charge in [-0.05, 0) is 17.8 Å². The summed E-state index contributed by atoms with van der Waals surface area (Å²) >= 11 is 0. The molecule has 0 aromatic carbocycles. The Morgan fingerprint density at radius 3 is 1.69 bits per heavy atom. The highest BCUT2D eigenvalue weighted by Crippen LogP contribution is 2.05. The van der Waals surface area contributed by atoms with Crippen molar-refractivity contribution in [2.75, 3.05) is 6.54 Å². The van der Waals surface area contributed by atoms with E-state index in [4.69, 9.17) is 10.8 Å². The smallest absolute Gasteiger partial charge is 0.326 e. The van der Waals surface area contributed by atoms with Crippen molar-refractivity contribution in [1.82, 2.24) is 16.0 Å². The Morgan fingerprint density at radius 1 is 0.808 bits per heavy atom. The first-order valence-corrected chi connectivity index (χ1v) is 8.74. The molecule has 0 spiro atoms. The Balaban J connectivity index is 4.75. The van der Waals surface area contributed by atoms with E-state index in [-0.39, 0.29) is 24.3 Å². The Kier molecular flexibility index (Phi) is 9.85. The van der Waals surface area contributed by atoms with Gasteiger partial charge in [0.25, 0.3) is 0 Å². The van der Waals surface area contributed by atoms with E-state index in [9.17, 15) is 19.2 Å². The molecule has 26 heavy (non-hydrogen) atoms. The van der Waals surface area contributed by atoms with Crippen LogP contribution in [0.3, 0.4) is 0 Å². The molecule has 0 aliphatic carbocycles. The summed E-state index contributed by atoms with van der Waals surface area (Å²) < 4.78 is 0. The Morgan fingerprint density at radius 2 is 1.31 bits per heavy atom. The maximum Gasteiger partial charge on any atom is 0.326 e. The molecule has 150 valence electrons. The molecule has 0 aromatic rings. The molecule has 3 atom stereocenters. The van der Waals surface area contributed by atoms with Gasteiger partial charge in [0.15, 0.2) is 0 Å². The number of rotatable bonds is 10. The fourth-order valence-electron chi connectivity index (χ4n) is 2.10. The highest BCUT2D eigenvalue weighted by Gasteiger charge is 2.28. The van der Waals surface area contributed by atoms with Gasteiger partial charge < -0.3 is 26.8 Å². The summed E-state index contributed by atoms with van der Waals surface area (Å²) in [5.74, 6) is -3.33. The molecule has 0 bridgehead atoms. The molecule has 6 N–H and O–H groups in total. The fraction of sp³-hybridized carbons (Fsp3) is 0.765. The maximum absolute atomic E-state index is 12.3. The van der Waals surface area contributed by atoms with Gasteiger partial charge in [-0.15, -0.1) is 0 Å². The number of carboxylic acid groups (broad SMARTS) is 1. The molecule has 3 amide bonds. The number of nitrogens with one attached hydrogen (secondary N) is 3. The number of carbonyl (C=O) groups is 4. The van der Waals surface area contributed by atoms with E-state index in [0.29, 0.717) is 0 Å². The van der Waals surface area contributed by atoms with Crippen molar-refractivity contribution in [3.05, 3.63) is 0 Å². The molecule has 3 unspecified atom stereocenters. The van der Waals surface area contributed by atoms with Crippen LogP contribution in [0, 0.1) is 17.8 Å². The standard InChI is InChI=1S/C17H32N4O5/c1-8(2)12(18)15(23)21-13(9(3)4)16(24)19-7-11(22)20-14(10(5)6)17(25)26/h8-10,12-14H,7,18H2,1-6H3,(H,19,24)(H,20,22)(H,21,23)(H,25,26). The predicted octanol–water partition coefficient (Wildman–Crippen LogP) is -0.548. The van der Waals surface area contributed by atoms with Crippen LogP contribution in [0.1, 0.15) is 41.5 Å². The van der Waals surface area contributed by atoms with Crippen LogP contribution < -0.4 is 21.7 Å². The van der Waals surface area contributed by atoms with Crippen molar-refractivity contribution in [2.45, 2.75) is 59.7 Å². The molecule has 0 rings (SSSR count). The van der Waals surface area contributed by atoms with Crippen LogP contribution in [-0.2, 0) is 19.2 Å². The monoisotopic (exact) mass is 372 g/mol. The van der Waals surface area contributed by atoms with Crippen molar-refractivity contribution < 1.29 is 24.3 Å². The number of hydrogen-bond acceptors (Lipinski definition) is 5. The third-order valence-electron chi connectivity index (χ3n) is 3.94. The van der Waals surface area contributed by atoms with Crippen LogP contribution in [-0.4, -0.2) is 53.5 Å². The summed E-state index contributed by atoms with van der Waals surface area (Å²) in [5.41, 5.74) is 5.78. The molecule has 0 aliphatic heterocycles. The number of carbonyl (C=O) groups excluding carboxylic acids is 3. The zero-order valence-electron chi connectivity index (χ0n) is 16.3. The second-order valence-corrected chi connectivity index (χ2v) is 7.35. The Bertz CT molecular complexity index is 519. The molecule has 0 fully saturated rings. The highest BCUT2D eigenvalue weighted by molar-refractivity contribution is 5.92. The van der Waals surface area contributed by atoms with Crippen LogP contribution in [0.5, 0.6) is 0 Å². The van der Waals surface area contributed by atoms with Crippen LogP contribution in [0.15, 0.2) is 0 Å². The first-order valence-electron chi connectivity index (χ1n) is 8.74. The van der Waals surface area contributed by atoms with E-state index in [1.165, 1.54) is 0 Å². The summed E-state index contributed by atoms with van der Waals surface area (Å²) in [5, 5.41) is 16.4. The first-order chi connectivity index (χ1) is 11.9. The molecule has 9 nitrogen and oxygen atoms in total. The van der Waals surface area contributed by atoms with E-state index in [0.717, 1.165) is 0 Å². The average Bonchev–Trinajstić information content (AvgIpc) is 2.53. The van der Waals surface area contributed by atoms with Gasteiger partial charge in [-0.3, -0.25) is 14.4 Å². The number of carboxylic acids is 1. The van der Waals surface area contributed by atoms with Gasteiger partial charge in [-0.2, -0.15) is 0 Å². The van der Waals surface area contributed by atoms with E-state index in [2.05, 4.69) is 16.0 Å². The first kappa shape index (κ1) is 23.8. The predicted molar refractivity (Wildman–Crippen MR) is 97.0 cm³/mol. The minimum absolute atomic E-state index is 0.0827. The normalized spacial score (nSPS) is 14.7. The fourth-order valence-corrected chi connectivity index (χ4v) is 2.10. The third-order valence-corrected chi connectivity index (χ3v) is 3.94. The van der Waals surface area contributed by atoms with E-state index >= 15 is 0 Å². The summed E-state index contributed by atoms with van der Waals surface area (Å²) in [6.45, 7) is 10.1. The number of nitrogens with two attached hydrogens (primary N) is 1. The maximum atomic E-state index is 12.3. The van der Waals surface area contributed by atoms with Crippen LogP contribution in [0.25, 0.3) is 0 Å². The summed E-state index contributed by atoms with van der Waals surface area (Å²) in [6, 6.07) is -2.63. The molecule has 0 saturated carbocycles. The van der Waals surface area contributed by atoms with Gasteiger partial charge in [-0.1, -0.05) is 41.5 Å².